The van der Waals surface area contributed by atoms with E-state index in [0.29, 0.717) is 0 Å². The molecule has 10 heteroatoms. The van der Waals surface area contributed by atoms with Crippen molar-refractivity contribution < 1.29 is 48.7 Å². The van der Waals surface area contributed by atoms with E-state index in [1.54, 1.807) is 0 Å². The van der Waals surface area contributed by atoms with Crippen LogP contribution in [0.3, 0.4) is 0 Å². The van der Waals surface area contributed by atoms with Crippen LogP contribution in [0.25, 0.3) is 0 Å². The number of halogens is 6. The summed E-state index contributed by atoms with van der Waals surface area (Å²) in [5, 5.41) is 0. The first kappa shape index (κ1) is 23.3. The molecule has 20 heavy (non-hydrogen) atoms. The molecular formula is C10H20AgF6O2Sb. The van der Waals surface area contributed by atoms with E-state index in [0.717, 1.165) is 26.4 Å². The standard InChI is InChI=1S/2C5H10O.Ag.6FH.Sb/c2*1-2-4-6-5-3-1;;;;;;;;/h2*1-5H2;;6*1H;/q;;+1;;;;;;;+5/p-6. The van der Waals surface area contributed by atoms with Gasteiger partial charge in [-0.1, -0.05) is 0 Å². The van der Waals surface area contributed by atoms with Gasteiger partial charge in [0.25, 0.3) is 0 Å². The summed E-state index contributed by atoms with van der Waals surface area (Å²) in [7, 11) is 0. The Kier molecular flexibility index (Phi) is 10.8. The molecule has 0 spiro atoms. The fraction of sp³-hybridized carbons (Fsp3) is 1.00. The Morgan fingerprint density at radius 1 is 0.500 bits per heavy atom. The van der Waals surface area contributed by atoms with Crippen molar-refractivity contribution >= 4 is 19.5 Å². The van der Waals surface area contributed by atoms with E-state index in [1.165, 1.54) is 38.5 Å². The quantitative estimate of drug-likeness (QED) is 0.349. The average Bonchev–Trinajstić information content (AvgIpc) is 2.30. The third kappa shape index (κ3) is 36.4. The Morgan fingerprint density at radius 3 is 0.750 bits per heavy atom. The number of hydrogen-bond donors (Lipinski definition) is 0. The monoisotopic (exact) mass is 514 g/mol. The van der Waals surface area contributed by atoms with E-state index in [-0.39, 0.29) is 22.4 Å². The van der Waals surface area contributed by atoms with Crippen molar-refractivity contribution in [3.8, 4) is 0 Å². The van der Waals surface area contributed by atoms with Crippen LogP contribution in [0.15, 0.2) is 0 Å². The average molecular weight is 516 g/mol. The molecule has 2 fully saturated rings. The first-order valence-electron chi connectivity index (χ1n) is 6.17. The van der Waals surface area contributed by atoms with Gasteiger partial charge >= 0.3 is 58.7 Å². The fourth-order valence-electron chi connectivity index (χ4n) is 1.37. The van der Waals surface area contributed by atoms with Crippen LogP contribution in [0.4, 0.5) is 16.9 Å². The van der Waals surface area contributed by atoms with Crippen LogP contribution in [-0.2, 0) is 31.9 Å². The van der Waals surface area contributed by atoms with Crippen LogP contribution in [-0.4, -0.2) is 45.9 Å². The van der Waals surface area contributed by atoms with Gasteiger partial charge in [0.15, 0.2) is 0 Å². The number of hydrogen-bond acceptors (Lipinski definition) is 2. The van der Waals surface area contributed by atoms with Gasteiger partial charge in [-0.15, -0.1) is 0 Å². The third-order valence-electron chi connectivity index (χ3n) is 2.15. The zero-order valence-electron chi connectivity index (χ0n) is 10.9. The third-order valence-corrected chi connectivity index (χ3v) is 2.15. The predicted molar refractivity (Wildman–Crippen MR) is 61.7 cm³/mol. The summed E-state index contributed by atoms with van der Waals surface area (Å²) >= 11 is -11.2. The van der Waals surface area contributed by atoms with Gasteiger partial charge in [-0.05, 0) is 38.5 Å². The molecule has 2 nitrogen and oxygen atoms in total. The van der Waals surface area contributed by atoms with Crippen molar-refractivity contribution in [2.24, 2.45) is 0 Å². The van der Waals surface area contributed by atoms with Gasteiger partial charge in [0, 0.05) is 26.4 Å². The topological polar surface area (TPSA) is 18.5 Å². The Balaban J connectivity index is 0. The molecule has 2 aliphatic heterocycles. The summed E-state index contributed by atoms with van der Waals surface area (Å²) in [5.41, 5.74) is 0. The van der Waals surface area contributed by atoms with Crippen LogP contribution in [0.1, 0.15) is 38.5 Å². The molecule has 0 bridgehead atoms. The Morgan fingerprint density at radius 2 is 0.700 bits per heavy atom. The Bertz CT molecular complexity index is 191. The summed E-state index contributed by atoms with van der Waals surface area (Å²) < 4.78 is 69.7. The normalized spacial score (nSPS) is 22.5. The van der Waals surface area contributed by atoms with Crippen molar-refractivity contribution in [1.82, 2.24) is 0 Å². The first-order chi connectivity index (χ1) is 8.45. The molecule has 2 aliphatic rings. The van der Waals surface area contributed by atoms with Gasteiger partial charge in [0.2, 0.25) is 0 Å². The molecule has 0 saturated carbocycles. The van der Waals surface area contributed by atoms with Gasteiger partial charge in [0.05, 0.1) is 0 Å². The molecule has 0 amide bonds. The zero-order chi connectivity index (χ0) is 14.9. The second-order valence-electron chi connectivity index (χ2n) is 4.30. The minimum absolute atomic E-state index is 0. The van der Waals surface area contributed by atoms with Gasteiger partial charge in [-0.2, -0.15) is 0 Å². The van der Waals surface area contributed by atoms with Gasteiger partial charge < -0.3 is 9.47 Å². The summed E-state index contributed by atoms with van der Waals surface area (Å²) in [6.07, 6.45) is 7.86. The van der Waals surface area contributed by atoms with Crippen molar-refractivity contribution in [3.63, 3.8) is 0 Å². The van der Waals surface area contributed by atoms with Gasteiger partial charge in [-0.3, -0.25) is 0 Å². The fourth-order valence-corrected chi connectivity index (χ4v) is 1.37. The Hall–Kier alpha value is 1.06. The molecule has 0 atom stereocenters. The molecule has 2 rings (SSSR count). The molecule has 0 aromatic rings. The van der Waals surface area contributed by atoms with E-state index in [4.69, 9.17) is 9.47 Å². The maximum atomic E-state index is 9.93. The molecular weight excluding hydrogens is 496 g/mol. The molecule has 0 N–H and O–H groups in total. The maximum absolute atomic E-state index is 11.2. The first-order valence-corrected chi connectivity index (χ1v) is 12.0. The summed E-state index contributed by atoms with van der Waals surface area (Å²) in [4.78, 5) is 0. The van der Waals surface area contributed by atoms with E-state index >= 15 is 0 Å². The molecule has 0 unspecified atom stereocenters. The van der Waals surface area contributed by atoms with Crippen LogP contribution < -0.4 is 0 Å². The van der Waals surface area contributed by atoms with E-state index < -0.39 is 19.5 Å². The number of rotatable bonds is 0. The van der Waals surface area contributed by atoms with Crippen LogP contribution >= 0.6 is 0 Å². The summed E-state index contributed by atoms with van der Waals surface area (Å²) in [6.45, 7) is 4.00. The second-order valence-corrected chi connectivity index (χ2v) is 9.77. The van der Waals surface area contributed by atoms with Crippen LogP contribution in [0, 0.1) is 0 Å². The Labute approximate surface area is 133 Å². The van der Waals surface area contributed by atoms with Crippen molar-refractivity contribution in [1.29, 1.82) is 0 Å². The minimum atomic E-state index is -11.2. The molecule has 0 aliphatic carbocycles. The van der Waals surface area contributed by atoms with E-state index in [9.17, 15) is 16.9 Å². The second kappa shape index (κ2) is 9.25. The molecule has 0 radical (unpaired) electrons. The summed E-state index contributed by atoms with van der Waals surface area (Å²) in [5.74, 6) is 0. The molecule has 0 aromatic heterocycles. The molecule has 2 heterocycles. The zero-order valence-corrected chi connectivity index (χ0v) is 14.9. The van der Waals surface area contributed by atoms with Crippen LogP contribution in [0.5, 0.6) is 0 Å². The molecule has 130 valence electrons. The summed E-state index contributed by atoms with van der Waals surface area (Å²) in [6, 6.07) is 0. The molecule has 2 saturated heterocycles. The van der Waals surface area contributed by atoms with Crippen molar-refractivity contribution in [3.05, 3.63) is 0 Å². The van der Waals surface area contributed by atoms with Crippen molar-refractivity contribution in [2.75, 3.05) is 26.4 Å². The van der Waals surface area contributed by atoms with Gasteiger partial charge in [-0.25, -0.2) is 0 Å². The van der Waals surface area contributed by atoms with Crippen molar-refractivity contribution in [2.45, 2.75) is 38.5 Å². The molecule has 0 aromatic carbocycles. The number of ether oxygens (including phenoxy) is 2. The van der Waals surface area contributed by atoms with Gasteiger partial charge in [0.1, 0.15) is 0 Å². The SMILES string of the molecule is C1CCOCC1.C1CCOCC1.[Ag+].[F][Sb-]([F])([F])([F])([F])[F]. The van der Waals surface area contributed by atoms with Crippen LogP contribution in [0.2, 0.25) is 0 Å². The van der Waals surface area contributed by atoms with E-state index in [1.807, 2.05) is 0 Å². The predicted octanol–water partition coefficient (Wildman–Crippen LogP) is 4.51. The van der Waals surface area contributed by atoms with E-state index in [2.05, 4.69) is 0 Å².